The molecule has 424 valence electrons. The number of phenolic OH excluding ortho intramolecular Hbond substituents is 3. The van der Waals surface area contributed by atoms with E-state index in [0.717, 1.165) is 48.6 Å². The Morgan fingerprint density at radius 3 is 1.44 bits per heavy atom. The minimum atomic E-state index is -5.29. The van der Waals surface area contributed by atoms with Crippen LogP contribution in [0.5, 0.6) is 17.2 Å². The van der Waals surface area contributed by atoms with Gasteiger partial charge in [-0.15, -0.1) is 10.2 Å². The van der Waals surface area contributed by atoms with E-state index in [1.807, 2.05) is 0 Å². The number of aliphatic hydroxyl groups is 1. The summed E-state index contributed by atoms with van der Waals surface area (Å²) >= 11 is 0. The molecule has 2 aliphatic carbocycles. The van der Waals surface area contributed by atoms with E-state index >= 15 is 0 Å². The Bertz CT molecular complexity index is 4360. The van der Waals surface area contributed by atoms with E-state index in [-0.39, 0.29) is 168 Å². The predicted octanol–water partition coefficient (Wildman–Crippen LogP) is -3.60. The fourth-order valence-corrected chi connectivity index (χ4v) is 9.38. The van der Waals surface area contributed by atoms with Crippen molar-refractivity contribution in [3.8, 4) is 17.2 Å². The van der Waals surface area contributed by atoms with Crippen LogP contribution in [0.1, 0.15) is 38.8 Å². The number of primary sulfonamides is 2. The number of nitrogen functional groups attached to an aromatic ring is 1. The van der Waals surface area contributed by atoms with Gasteiger partial charge < -0.3 is 40.6 Å². The van der Waals surface area contributed by atoms with Crippen molar-refractivity contribution in [1.29, 1.82) is 0 Å². The van der Waals surface area contributed by atoms with Crippen molar-refractivity contribution in [3.05, 3.63) is 165 Å². The maximum Gasteiger partial charge on any atom is 1.00 e. The number of anilines is 4. The fourth-order valence-electron chi connectivity index (χ4n) is 7.01. The Morgan fingerprint density at radius 2 is 1.02 bits per heavy atom. The van der Waals surface area contributed by atoms with Gasteiger partial charge in [-0.05, 0) is 127 Å². The number of fused-ring (bicyclic) bond motifs is 2. The zero-order valence-corrected chi connectivity index (χ0v) is 54.8. The average molecular weight is 1300 g/mol. The van der Waals surface area contributed by atoms with Gasteiger partial charge in [-0.25, -0.2) is 43.9 Å². The molecule has 13 N–H and O–H groups in total. The molecule has 0 bridgehead atoms. The van der Waals surface area contributed by atoms with E-state index in [4.69, 9.17) is 16.0 Å². The van der Waals surface area contributed by atoms with E-state index in [2.05, 4.69) is 46.8 Å². The van der Waals surface area contributed by atoms with Crippen molar-refractivity contribution in [2.45, 2.75) is 16.7 Å². The van der Waals surface area contributed by atoms with Gasteiger partial charge in [0.2, 0.25) is 31.6 Å². The normalized spacial score (nSPS) is 14.3. The molecule has 0 aromatic heterocycles. The zero-order chi connectivity index (χ0) is 59.4. The van der Waals surface area contributed by atoms with E-state index in [0.29, 0.717) is 5.69 Å². The second-order valence-electron chi connectivity index (χ2n) is 16.6. The number of Topliss-reactive ketones (excluding diaryl/α,β-unsaturated/α-hetero) is 2. The predicted molar refractivity (Wildman–Crippen MR) is 290 cm³/mol. The number of aromatic hydroxyl groups is 3. The average Bonchev–Trinajstić information content (AvgIpc) is 3.48. The molecule has 8 rings (SSSR count). The molecule has 0 radical (unpaired) electrons. The number of para-hydroxylation sites is 1. The SMILES string of the molecule is C/C(O)=C(/N=Nc1ccc2c(c1)C=C(S(=O)(=O)[O-])C(=NNc1cc(S(N)(=O)=O)ccc1O)C2=O)C(=O)Nc1ccccc1.Nc1cc(O)ccc1N=Nc1ccc2c(c1)C=C(S(=O)(=O)[O-])C(=NNc1cc(S(N)(=O)=O)ccc1O)C2=O.[Cr].[Na+].[Na+].[Na+]. The Morgan fingerprint density at radius 1 is 0.576 bits per heavy atom. The van der Waals surface area contributed by atoms with Crippen LogP contribution >= 0.6 is 0 Å². The van der Waals surface area contributed by atoms with Crippen LogP contribution in [-0.2, 0) is 62.4 Å². The zero-order valence-electron chi connectivity index (χ0n) is 44.3. The molecular weight excluding hydrogens is 1270 g/mol. The van der Waals surface area contributed by atoms with Gasteiger partial charge in [-0.1, -0.05) is 18.2 Å². The van der Waals surface area contributed by atoms with Crippen LogP contribution < -0.4 is 121 Å². The first-order chi connectivity index (χ1) is 37.9. The summed E-state index contributed by atoms with van der Waals surface area (Å²) in [4.78, 5) is 36.0. The van der Waals surface area contributed by atoms with Gasteiger partial charge in [0.15, 0.2) is 5.70 Å². The van der Waals surface area contributed by atoms with Crippen LogP contribution in [0, 0.1) is 0 Å². The summed E-state index contributed by atoms with van der Waals surface area (Å²) in [6.45, 7) is 1.22. The van der Waals surface area contributed by atoms with Crippen molar-refractivity contribution in [2.75, 3.05) is 21.9 Å². The molecule has 29 nitrogen and oxygen atoms in total. The number of carbonyl (C=O) groups is 3. The third kappa shape index (κ3) is 18.6. The van der Waals surface area contributed by atoms with Crippen LogP contribution in [0.4, 0.5) is 39.8 Å². The molecule has 0 saturated heterocycles. The van der Waals surface area contributed by atoms with Gasteiger partial charge in [-0.3, -0.25) is 25.2 Å². The number of amides is 1. The van der Waals surface area contributed by atoms with Gasteiger partial charge in [0.25, 0.3) is 5.91 Å². The summed E-state index contributed by atoms with van der Waals surface area (Å²) < 4.78 is 119. The van der Waals surface area contributed by atoms with Crippen LogP contribution in [0.25, 0.3) is 12.2 Å². The molecule has 6 aromatic rings. The number of sulfonamides is 2. The number of azo groups is 2. The van der Waals surface area contributed by atoms with Crippen molar-refractivity contribution in [2.24, 2.45) is 40.9 Å². The van der Waals surface area contributed by atoms with Gasteiger partial charge >= 0.3 is 88.7 Å². The molecule has 0 unspecified atom stereocenters. The number of nitrogens with two attached hydrogens (primary N) is 3. The van der Waals surface area contributed by atoms with Gasteiger partial charge in [0, 0.05) is 40.2 Å². The van der Waals surface area contributed by atoms with Crippen molar-refractivity contribution >= 4 is 121 Å². The number of ketones is 2. The summed E-state index contributed by atoms with van der Waals surface area (Å²) in [6, 6.07) is 25.9. The maximum absolute atomic E-state index is 13.2. The van der Waals surface area contributed by atoms with Gasteiger partial charge in [0.1, 0.15) is 60.4 Å². The van der Waals surface area contributed by atoms with E-state index in [1.165, 1.54) is 61.5 Å². The molecule has 1 amide bonds. The molecule has 0 heterocycles. The molecule has 6 aromatic carbocycles. The summed E-state index contributed by atoms with van der Waals surface area (Å²) in [7, 11) is -18.9. The second-order valence-corrected chi connectivity index (χ2v) is 22.4. The number of aliphatic hydroxyl groups excluding tert-OH is 1. The first kappa shape index (κ1) is 72.9. The Labute approximate surface area is 560 Å². The summed E-state index contributed by atoms with van der Waals surface area (Å²) in [5.74, 6) is -4.24. The summed E-state index contributed by atoms with van der Waals surface area (Å²) in [5, 5.41) is 75.1. The molecule has 0 atom stereocenters. The summed E-state index contributed by atoms with van der Waals surface area (Å²) in [6.07, 6.45) is 1.80. The van der Waals surface area contributed by atoms with Crippen LogP contribution in [0.3, 0.4) is 0 Å². The van der Waals surface area contributed by atoms with Gasteiger partial charge in [0.05, 0.1) is 48.0 Å². The molecule has 0 saturated carbocycles. The molecule has 37 heteroatoms. The van der Waals surface area contributed by atoms with E-state index < -0.39 is 112 Å². The summed E-state index contributed by atoms with van der Waals surface area (Å²) in [5.41, 5.74) is 8.35. The minimum absolute atomic E-state index is 0. The molecule has 0 aliphatic heterocycles. The second kappa shape index (κ2) is 29.8. The number of carbonyl (C=O) groups excluding carboxylic acids is 3. The van der Waals surface area contributed by atoms with Crippen LogP contribution in [0.15, 0.2) is 183 Å². The molecule has 2 aliphatic rings. The number of rotatable bonds is 14. The number of nitrogens with one attached hydrogen (secondary N) is 3. The smallest absolute Gasteiger partial charge is 0.744 e. The van der Waals surface area contributed by atoms with Crippen LogP contribution in [0.2, 0.25) is 0 Å². The van der Waals surface area contributed by atoms with E-state index in [1.54, 1.807) is 30.3 Å². The van der Waals surface area contributed by atoms with Crippen molar-refractivity contribution in [3.63, 3.8) is 0 Å². The molecule has 85 heavy (non-hydrogen) atoms. The van der Waals surface area contributed by atoms with Crippen molar-refractivity contribution < 1.29 is 184 Å². The Balaban J connectivity index is 0.000000428. The van der Waals surface area contributed by atoms with E-state index in [9.17, 15) is 77.6 Å². The fraction of sp³-hybridized carbons (Fsp3) is 0.0208. The minimum Gasteiger partial charge on any atom is -0.744 e. The largest absolute Gasteiger partial charge is 1.00 e. The Hall–Kier alpha value is -6.34. The van der Waals surface area contributed by atoms with Gasteiger partial charge in [-0.2, -0.15) is 20.4 Å². The third-order valence-corrected chi connectivity index (χ3v) is 14.4. The number of benzene rings is 6. The van der Waals surface area contributed by atoms with Crippen LogP contribution in [-0.4, -0.2) is 92.1 Å². The monoisotopic (exact) mass is 1300 g/mol. The topological polar surface area (TPSA) is 503 Å². The molecule has 0 fully saturated rings. The maximum atomic E-state index is 13.2. The Kier molecular flexibility index (Phi) is 25.6. The number of allylic oxidation sites excluding steroid dienone is 3. The number of nitrogens with zero attached hydrogens (tertiary/aromatic N) is 6. The number of phenols is 3. The first-order valence-electron chi connectivity index (χ1n) is 22.2. The first-order valence-corrected chi connectivity index (χ1v) is 28.1. The van der Waals surface area contributed by atoms with Crippen molar-refractivity contribution in [1.82, 2.24) is 0 Å². The standard InChI is InChI=1S/C26H22N6O9S2.C22H18N6O8S2.Cr.3Na/c1-14(33)23(26(36)28-16-5-3-2-4-6-16)31-29-17-7-9-19-15(11-17)12-22(43(39,40)41)24(25(19)35)32-30-20-13-18(42(27,37)38)8-10-21(20)34;23-16-9-13(29)2-5-17(16)26-25-12-1-4-15-11(7-12)8-20(38(34,35)36)21(22(15)31)28-27-18-10-14(37(24,32)33)3-6-19(18)30;;;;/h2-13,30,33-34H,1H3,(H,28,36)(H2,27,37,38)(H,39,40,41);1-10,27,29-30H,23H2,(H2,24,32,33)(H,34,35,36);;;;/q;;;3*+1/p-2/b23-14-,31-29?,32-24?;;;;;. The number of hydrogen-bond donors (Lipinski definition) is 10. The third-order valence-electron chi connectivity index (χ3n) is 10.9. The molecule has 0 spiro atoms. The molecular formula is C48H38CrN12Na3O17S4+. The number of hydrogen-bond acceptors (Lipinski definition) is 26. The quantitative estimate of drug-likeness (QED) is 0.00736. The number of hydrazone groups is 2.